The van der Waals surface area contributed by atoms with E-state index in [2.05, 4.69) is 6.58 Å². The summed E-state index contributed by atoms with van der Waals surface area (Å²) < 4.78 is 5.86. The van der Waals surface area contributed by atoms with Crippen molar-refractivity contribution in [3.8, 4) is 11.5 Å². The molecule has 26 heavy (non-hydrogen) atoms. The number of carbonyl (C=O) groups excluding carboxylic acids is 1. The van der Waals surface area contributed by atoms with Gasteiger partial charge in [-0.2, -0.15) is 0 Å². The van der Waals surface area contributed by atoms with Crippen LogP contribution in [0, 0.1) is 0 Å². The third kappa shape index (κ3) is 1.49. The zero-order valence-electron chi connectivity index (χ0n) is 14.1. The van der Waals surface area contributed by atoms with E-state index in [9.17, 15) is 25.2 Å². The second-order valence-electron chi connectivity index (χ2n) is 7.78. The number of carbonyl (C=O) groups is 1. The number of hydrogen-bond donors (Lipinski definition) is 4. The van der Waals surface area contributed by atoms with Crippen LogP contribution < -0.4 is 4.74 Å². The number of ketones is 1. The molecule has 0 radical (unpaired) electrons. The topological polar surface area (TPSA) is 110 Å². The van der Waals surface area contributed by atoms with Crippen LogP contribution in [0.25, 0.3) is 0 Å². The van der Waals surface area contributed by atoms with E-state index in [0.29, 0.717) is 30.6 Å². The number of aromatic hydroxyl groups is 1. The van der Waals surface area contributed by atoms with Crippen LogP contribution in [0.1, 0.15) is 30.1 Å². The largest absolute Gasteiger partial charge is 0.504 e. The molecule has 7 heteroatoms. The number of aliphatic hydroxyl groups excluding tert-OH is 2. The number of Topliss-reactive ketones (excluding diaryl/α,β-unsaturated/α-hetero) is 1. The normalized spacial score (nSPS) is 43.0. The van der Waals surface area contributed by atoms with Crippen molar-refractivity contribution in [3.63, 3.8) is 0 Å². The summed E-state index contributed by atoms with van der Waals surface area (Å²) in [7, 11) is 0. The van der Waals surface area contributed by atoms with Gasteiger partial charge in [-0.3, -0.25) is 9.69 Å². The van der Waals surface area contributed by atoms with Gasteiger partial charge < -0.3 is 25.2 Å². The Morgan fingerprint density at radius 3 is 2.88 bits per heavy atom. The number of piperidine rings is 1. The maximum atomic E-state index is 12.7. The van der Waals surface area contributed by atoms with Crippen molar-refractivity contribution >= 4 is 5.78 Å². The van der Waals surface area contributed by atoms with Gasteiger partial charge in [0.05, 0.1) is 23.7 Å². The molecular weight excluding hydrogens is 338 g/mol. The minimum Gasteiger partial charge on any atom is -0.504 e. The van der Waals surface area contributed by atoms with Crippen molar-refractivity contribution < 1.29 is 30.0 Å². The Hall–Kier alpha value is -1.93. The lowest BCUT2D eigenvalue weighted by molar-refractivity contribution is -0.247. The van der Waals surface area contributed by atoms with Gasteiger partial charge in [0.25, 0.3) is 0 Å². The molecule has 6 atom stereocenters. The van der Waals surface area contributed by atoms with Crippen LogP contribution in [0.3, 0.4) is 0 Å². The number of phenolic OH excluding ortho intramolecular Hbond substituents is 1. The molecule has 2 fully saturated rings. The van der Waals surface area contributed by atoms with Gasteiger partial charge in [0.1, 0.15) is 5.60 Å². The lowest BCUT2D eigenvalue weighted by Crippen LogP contribution is -2.81. The highest BCUT2D eigenvalue weighted by Crippen LogP contribution is 2.66. The van der Waals surface area contributed by atoms with E-state index >= 15 is 0 Å². The Balaban J connectivity index is 1.86. The number of phenols is 1. The summed E-state index contributed by atoms with van der Waals surface area (Å²) in [5.74, 6) is -0.282. The quantitative estimate of drug-likeness (QED) is 0.540. The summed E-state index contributed by atoms with van der Waals surface area (Å²) >= 11 is 0. The first-order chi connectivity index (χ1) is 12.4. The van der Waals surface area contributed by atoms with Gasteiger partial charge >= 0.3 is 0 Å². The fourth-order valence-electron chi connectivity index (χ4n) is 5.90. The molecule has 2 heterocycles. The van der Waals surface area contributed by atoms with Crippen LogP contribution in [0.2, 0.25) is 0 Å². The van der Waals surface area contributed by atoms with E-state index in [1.165, 1.54) is 6.07 Å². The van der Waals surface area contributed by atoms with E-state index < -0.39 is 35.4 Å². The predicted molar refractivity (Wildman–Crippen MR) is 89.9 cm³/mol. The monoisotopic (exact) mass is 359 g/mol. The van der Waals surface area contributed by atoms with Crippen LogP contribution in [0.4, 0.5) is 0 Å². The van der Waals surface area contributed by atoms with Gasteiger partial charge in [0, 0.05) is 25.1 Å². The Bertz CT molecular complexity index is 840. The maximum absolute atomic E-state index is 12.7. The molecule has 1 spiro atoms. The first kappa shape index (κ1) is 16.3. The molecule has 2 aliphatic heterocycles. The third-order valence-corrected chi connectivity index (χ3v) is 6.83. The molecule has 138 valence electrons. The summed E-state index contributed by atoms with van der Waals surface area (Å²) in [6, 6.07) is 2.25. The SMILES string of the molecule is C=CCN1CC[C@]23c4c5ccc(O)c4O[C@H]2C(=O)C[C@H](O)[C@@]3(O)C1C5O. The van der Waals surface area contributed by atoms with Gasteiger partial charge in [-0.15, -0.1) is 6.58 Å². The Kier molecular flexibility index (Phi) is 3.04. The molecule has 1 aromatic rings. The van der Waals surface area contributed by atoms with Crippen LogP contribution in [-0.4, -0.2) is 68.0 Å². The molecular formula is C19H21NO6. The number of rotatable bonds is 2. The van der Waals surface area contributed by atoms with Crippen molar-refractivity contribution in [2.75, 3.05) is 13.1 Å². The van der Waals surface area contributed by atoms with Gasteiger partial charge in [0.2, 0.25) is 0 Å². The zero-order chi connectivity index (χ0) is 18.4. The van der Waals surface area contributed by atoms with Gasteiger partial charge in [0.15, 0.2) is 23.4 Å². The van der Waals surface area contributed by atoms with E-state index in [1.807, 2.05) is 4.90 Å². The minimum absolute atomic E-state index is 0.128. The number of nitrogens with zero attached hydrogens (tertiary/aromatic N) is 1. The zero-order valence-corrected chi connectivity index (χ0v) is 14.1. The fourth-order valence-corrected chi connectivity index (χ4v) is 5.90. The second kappa shape index (κ2) is 4.86. The molecule has 1 saturated carbocycles. The molecule has 0 amide bonds. The highest BCUT2D eigenvalue weighted by atomic mass is 16.5. The highest BCUT2D eigenvalue weighted by Gasteiger charge is 2.77. The van der Waals surface area contributed by atoms with Gasteiger partial charge in [-0.05, 0) is 18.1 Å². The Morgan fingerprint density at radius 2 is 2.15 bits per heavy atom. The number of aliphatic hydroxyl groups is 3. The maximum Gasteiger partial charge on any atom is 0.177 e. The lowest BCUT2D eigenvalue weighted by Gasteiger charge is -2.64. The second-order valence-corrected chi connectivity index (χ2v) is 7.78. The van der Waals surface area contributed by atoms with Crippen LogP contribution in [0.5, 0.6) is 11.5 Å². The first-order valence-corrected chi connectivity index (χ1v) is 8.87. The van der Waals surface area contributed by atoms with E-state index in [4.69, 9.17) is 4.74 Å². The Labute approximate surface area is 150 Å². The molecule has 2 unspecified atom stereocenters. The summed E-state index contributed by atoms with van der Waals surface area (Å²) in [4.78, 5) is 14.6. The fraction of sp³-hybridized carbons (Fsp3) is 0.526. The van der Waals surface area contributed by atoms with Gasteiger partial charge in [-0.25, -0.2) is 0 Å². The number of ether oxygens (including phenoxy) is 1. The van der Waals surface area contributed by atoms with E-state index in [0.717, 1.165) is 0 Å². The molecule has 5 rings (SSSR count). The first-order valence-electron chi connectivity index (χ1n) is 8.87. The third-order valence-electron chi connectivity index (χ3n) is 6.83. The molecule has 4 N–H and O–H groups in total. The molecule has 2 aliphatic carbocycles. The summed E-state index contributed by atoms with van der Waals surface area (Å²) in [5.41, 5.74) is -1.94. The molecule has 1 saturated heterocycles. The van der Waals surface area contributed by atoms with E-state index in [1.54, 1.807) is 12.1 Å². The molecule has 0 aromatic heterocycles. The van der Waals surface area contributed by atoms with Crippen molar-refractivity contribution in [2.45, 2.75) is 48.2 Å². The van der Waals surface area contributed by atoms with Gasteiger partial charge in [-0.1, -0.05) is 12.1 Å². The molecule has 7 nitrogen and oxygen atoms in total. The minimum atomic E-state index is -1.77. The standard InChI is InChI=1S/C19H21NO6/c1-2-6-20-7-5-18-13-9-3-4-10(21)15(13)26-17(18)11(22)8-12(23)19(18,25)16(20)14(9)24/h2-4,12,14,16-17,21,23-25H,1,5-8H2/t12-,14?,16?,17-,18-,19+/m0/s1. The molecule has 4 aliphatic rings. The summed E-state index contributed by atoms with van der Waals surface area (Å²) in [6.45, 7) is 4.69. The number of likely N-dealkylation sites (tertiary alicyclic amines) is 1. The summed E-state index contributed by atoms with van der Waals surface area (Å²) in [5, 5.41) is 44.1. The summed E-state index contributed by atoms with van der Waals surface area (Å²) in [6.07, 6.45) is -1.58. The van der Waals surface area contributed by atoms with E-state index in [-0.39, 0.29) is 23.7 Å². The van der Waals surface area contributed by atoms with Crippen molar-refractivity contribution in [3.05, 3.63) is 35.9 Å². The average Bonchev–Trinajstić information content (AvgIpc) is 2.95. The van der Waals surface area contributed by atoms with Crippen LogP contribution >= 0.6 is 0 Å². The molecule has 2 bridgehead atoms. The number of benzene rings is 1. The van der Waals surface area contributed by atoms with Crippen molar-refractivity contribution in [1.29, 1.82) is 0 Å². The highest BCUT2D eigenvalue weighted by molar-refractivity contribution is 5.90. The smallest absolute Gasteiger partial charge is 0.177 e. The predicted octanol–water partition coefficient (Wildman–Crippen LogP) is -0.237. The van der Waals surface area contributed by atoms with Crippen molar-refractivity contribution in [2.24, 2.45) is 0 Å². The van der Waals surface area contributed by atoms with Crippen molar-refractivity contribution in [1.82, 2.24) is 4.90 Å². The number of hydrogen-bond acceptors (Lipinski definition) is 7. The average molecular weight is 359 g/mol. The Morgan fingerprint density at radius 1 is 1.38 bits per heavy atom. The molecule has 1 aromatic carbocycles. The van der Waals surface area contributed by atoms with Crippen LogP contribution in [0.15, 0.2) is 24.8 Å². The van der Waals surface area contributed by atoms with Crippen LogP contribution in [-0.2, 0) is 10.2 Å². The lowest BCUT2D eigenvalue weighted by atomic mass is 9.47.